The number of aromatic nitrogens is 2. The van der Waals surface area contributed by atoms with E-state index in [1.54, 1.807) is 12.1 Å². The third-order valence-corrected chi connectivity index (χ3v) is 6.73. The monoisotopic (exact) mass is 420 g/mol. The van der Waals surface area contributed by atoms with Gasteiger partial charge < -0.3 is 4.57 Å². The Hall–Kier alpha value is -1.93. The van der Waals surface area contributed by atoms with Gasteiger partial charge in [0.1, 0.15) is 5.82 Å². The van der Waals surface area contributed by atoms with E-state index >= 15 is 0 Å². The van der Waals surface area contributed by atoms with Crippen molar-refractivity contribution in [3.8, 4) is 0 Å². The Kier molecular flexibility index (Phi) is 6.09. The van der Waals surface area contributed by atoms with Crippen LogP contribution in [0.1, 0.15) is 18.3 Å². The fraction of sp³-hybridized carbons (Fsp3) is 0.350. The van der Waals surface area contributed by atoms with Crippen LogP contribution in [-0.4, -0.2) is 48.3 Å². The summed E-state index contributed by atoms with van der Waals surface area (Å²) in [6, 6.07) is 12.9. The van der Waals surface area contributed by atoms with Gasteiger partial charge >= 0.3 is 0 Å². The maximum absolute atomic E-state index is 12.4. The average molecular weight is 421 g/mol. The second-order valence-electron chi connectivity index (χ2n) is 7.01. The van der Waals surface area contributed by atoms with Gasteiger partial charge in [-0.3, -0.25) is 4.90 Å². The molecule has 0 saturated heterocycles. The lowest BCUT2D eigenvalue weighted by molar-refractivity contribution is 0.306. The molecular formula is C20H25ClN4O2S. The third-order valence-electron chi connectivity index (χ3n) is 4.67. The van der Waals surface area contributed by atoms with Gasteiger partial charge in [0.15, 0.2) is 0 Å². The van der Waals surface area contributed by atoms with Crippen molar-refractivity contribution < 1.29 is 8.42 Å². The highest BCUT2D eigenvalue weighted by Crippen LogP contribution is 2.23. The van der Waals surface area contributed by atoms with Crippen LogP contribution in [0, 0.1) is 0 Å². The Morgan fingerprint density at radius 3 is 2.32 bits per heavy atom. The fourth-order valence-corrected chi connectivity index (χ4v) is 4.25. The smallest absolute Gasteiger partial charge is 0.242 e. The van der Waals surface area contributed by atoms with Crippen molar-refractivity contribution in [3.05, 3.63) is 58.9 Å². The summed E-state index contributed by atoms with van der Waals surface area (Å²) < 4.78 is 28.2. The number of aryl methyl sites for hydroxylation is 1. The van der Waals surface area contributed by atoms with Crippen molar-refractivity contribution in [2.75, 3.05) is 21.1 Å². The summed E-state index contributed by atoms with van der Waals surface area (Å²) in [6.45, 7) is 4.25. The SMILES string of the molecule is CCn1c(CN(C)Cc2ccc(Cl)cc2)nc2cc(S(=O)(=O)N(C)C)ccc21. The van der Waals surface area contributed by atoms with E-state index in [2.05, 4.69) is 16.4 Å². The molecule has 28 heavy (non-hydrogen) atoms. The number of hydrogen-bond donors (Lipinski definition) is 0. The topological polar surface area (TPSA) is 58.4 Å². The molecule has 0 amide bonds. The maximum Gasteiger partial charge on any atom is 0.242 e. The predicted molar refractivity (Wildman–Crippen MR) is 113 cm³/mol. The van der Waals surface area contributed by atoms with Crippen LogP contribution >= 0.6 is 11.6 Å². The van der Waals surface area contributed by atoms with Gasteiger partial charge in [0, 0.05) is 32.2 Å². The lowest BCUT2D eigenvalue weighted by atomic mass is 10.2. The summed E-state index contributed by atoms with van der Waals surface area (Å²) in [6.07, 6.45) is 0. The quantitative estimate of drug-likeness (QED) is 0.586. The Morgan fingerprint density at radius 2 is 1.71 bits per heavy atom. The molecule has 150 valence electrons. The number of sulfonamides is 1. The third kappa shape index (κ3) is 4.22. The molecule has 3 aromatic rings. The standard InChI is InChI=1S/C20H25ClN4O2S/c1-5-25-19-11-10-17(28(26,27)23(2)3)12-18(19)22-20(25)14-24(4)13-15-6-8-16(21)9-7-15/h6-12H,5,13-14H2,1-4H3. The minimum Gasteiger partial charge on any atom is -0.327 e. The Bertz CT molecular complexity index is 1080. The highest BCUT2D eigenvalue weighted by molar-refractivity contribution is 7.89. The van der Waals surface area contributed by atoms with E-state index in [1.807, 2.05) is 37.4 Å². The molecule has 0 N–H and O–H groups in total. The lowest BCUT2D eigenvalue weighted by Crippen LogP contribution is -2.22. The van der Waals surface area contributed by atoms with E-state index in [4.69, 9.17) is 16.6 Å². The van der Waals surface area contributed by atoms with E-state index in [9.17, 15) is 8.42 Å². The highest BCUT2D eigenvalue weighted by atomic mass is 35.5. The molecular weight excluding hydrogens is 396 g/mol. The average Bonchev–Trinajstić information content (AvgIpc) is 2.99. The Labute approximate surface area is 171 Å². The zero-order chi connectivity index (χ0) is 20.5. The molecule has 0 saturated carbocycles. The number of halogens is 1. The minimum absolute atomic E-state index is 0.256. The van der Waals surface area contributed by atoms with E-state index in [0.29, 0.717) is 12.1 Å². The Morgan fingerprint density at radius 1 is 1.04 bits per heavy atom. The van der Waals surface area contributed by atoms with Gasteiger partial charge in [0.25, 0.3) is 0 Å². The summed E-state index contributed by atoms with van der Waals surface area (Å²) in [5.74, 6) is 0.911. The zero-order valence-electron chi connectivity index (χ0n) is 16.6. The van der Waals surface area contributed by atoms with Crippen LogP contribution in [0.3, 0.4) is 0 Å². The van der Waals surface area contributed by atoms with Gasteiger partial charge in [-0.15, -0.1) is 0 Å². The van der Waals surface area contributed by atoms with Gasteiger partial charge in [-0.2, -0.15) is 0 Å². The number of imidazole rings is 1. The summed E-state index contributed by atoms with van der Waals surface area (Å²) >= 11 is 5.95. The lowest BCUT2D eigenvalue weighted by Gasteiger charge is -2.17. The first-order chi connectivity index (χ1) is 13.2. The summed E-state index contributed by atoms with van der Waals surface area (Å²) in [5.41, 5.74) is 2.81. The largest absolute Gasteiger partial charge is 0.327 e. The number of rotatable bonds is 7. The van der Waals surface area contributed by atoms with Gasteiger partial charge in [-0.1, -0.05) is 23.7 Å². The first-order valence-electron chi connectivity index (χ1n) is 9.07. The normalized spacial score (nSPS) is 12.4. The molecule has 0 atom stereocenters. The number of hydrogen-bond acceptors (Lipinski definition) is 4. The van der Waals surface area contributed by atoms with Crippen LogP contribution in [0.15, 0.2) is 47.4 Å². The molecule has 0 radical (unpaired) electrons. The van der Waals surface area contributed by atoms with Gasteiger partial charge in [-0.05, 0) is 49.9 Å². The fourth-order valence-electron chi connectivity index (χ4n) is 3.20. The molecule has 1 aromatic heterocycles. The van der Waals surface area contributed by atoms with Crippen molar-refractivity contribution in [1.82, 2.24) is 18.8 Å². The molecule has 0 aliphatic carbocycles. The zero-order valence-corrected chi connectivity index (χ0v) is 18.1. The van der Waals surface area contributed by atoms with Crippen LogP contribution in [0.25, 0.3) is 11.0 Å². The van der Waals surface area contributed by atoms with Gasteiger partial charge in [-0.25, -0.2) is 17.7 Å². The molecule has 6 nitrogen and oxygen atoms in total. The van der Waals surface area contributed by atoms with Gasteiger partial charge in [0.05, 0.1) is 22.5 Å². The van der Waals surface area contributed by atoms with Crippen LogP contribution in [0.4, 0.5) is 0 Å². The summed E-state index contributed by atoms with van der Waals surface area (Å²) in [5, 5.41) is 0.725. The van der Waals surface area contributed by atoms with Crippen molar-refractivity contribution in [2.24, 2.45) is 0 Å². The Balaban J connectivity index is 1.89. The molecule has 2 aromatic carbocycles. The first-order valence-corrected chi connectivity index (χ1v) is 10.9. The molecule has 1 heterocycles. The van der Waals surface area contributed by atoms with Crippen LogP contribution < -0.4 is 0 Å². The minimum atomic E-state index is -3.48. The van der Waals surface area contributed by atoms with Crippen LogP contribution in [0.5, 0.6) is 0 Å². The van der Waals surface area contributed by atoms with Crippen molar-refractivity contribution in [3.63, 3.8) is 0 Å². The van der Waals surface area contributed by atoms with Crippen molar-refractivity contribution >= 4 is 32.7 Å². The number of fused-ring (bicyclic) bond motifs is 1. The van der Waals surface area contributed by atoms with E-state index < -0.39 is 10.0 Å². The van der Waals surface area contributed by atoms with Crippen LogP contribution in [0.2, 0.25) is 5.02 Å². The number of nitrogens with zero attached hydrogens (tertiary/aromatic N) is 4. The molecule has 8 heteroatoms. The molecule has 0 aliphatic heterocycles. The molecule has 0 fully saturated rings. The molecule has 0 unspecified atom stereocenters. The number of benzene rings is 2. The predicted octanol–water partition coefficient (Wildman–Crippen LogP) is 3.59. The highest BCUT2D eigenvalue weighted by Gasteiger charge is 2.19. The van der Waals surface area contributed by atoms with E-state index in [0.717, 1.165) is 29.5 Å². The van der Waals surface area contributed by atoms with E-state index in [1.165, 1.54) is 24.0 Å². The summed E-state index contributed by atoms with van der Waals surface area (Å²) in [4.78, 5) is 7.16. The molecule has 0 spiro atoms. The van der Waals surface area contributed by atoms with E-state index in [-0.39, 0.29) is 4.90 Å². The second-order valence-corrected chi connectivity index (χ2v) is 9.60. The van der Waals surface area contributed by atoms with Gasteiger partial charge in [0.2, 0.25) is 10.0 Å². The molecule has 3 rings (SSSR count). The maximum atomic E-state index is 12.4. The van der Waals surface area contributed by atoms with Crippen molar-refractivity contribution in [2.45, 2.75) is 31.5 Å². The second kappa shape index (κ2) is 8.21. The molecule has 0 bridgehead atoms. The van der Waals surface area contributed by atoms with Crippen molar-refractivity contribution in [1.29, 1.82) is 0 Å². The van der Waals surface area contributed by atoms with Crippen LogP contribution in [-0.2, 0) is 29.7 Å². The molecule has 0 aliphatic rings. The summed E-state index contributed by atoms with van der Waals surface area (Å²) in [7, 11) is 1.61. The first kappa shape index (κ1) is 20.8.